The van der Waals surface area contributed by atoms with E-state index in [1.807, 2.05) is 13.8 Å². The summed E-state index contributed by atoms with van der Waals surface area (Å²) in [6, 6.07) is 0.105. The maximum Gasteiger partial charge on any atom is 0.0741 e. The van der Waals surface area contributed by atoms with Crippen LogP contribution >= 0.6 is 0 Å². The molecule has 0 aliphatic carbocycles. The van der Waals surface area contributed by atoms with Crippen LogP contribution in [0.3, 0.4) is 0 Å². The lowest BCUT2D eigenvalue weighted by atomic mass is 10.0. The highest BCUT2D eigenvalue weighted by atomic mass is 16.3. The Labute approximate surface area is 87.5 Å². The van der Waals surface area contributed by atoms with Crippen molar-refractivity contribution in [3.63, 3.8) is 0 Å². The van der Waals surface area contributed by atoms with E-state index in [9.17, 15) is 5.11 Å². The van der Waals surface area contributed by atoms with Crippen LogP contribution in [-0.2, 0) is 0 Å². The van der Waals surface area contributed by atoms with E-state index in [0.29, 0.717) is 12.5 Å². The Hall–Kier alpha value is -0.120. The number of aliphatic hydroxyl groups is 2. The highest BCUT2D eigenvalue weighted by molar-refractivity contribution is 4.77. The standard InChI is InChI=1S/C11H25NO2/c1-5-11(4,14)8-12-10(7-13)6-9(2)3/h9-10,12-14H,5-8H2,1-4H3. The second-order valence-corrected chi connectivity index (χ2v) is 4.74. The molecule has 0 aliphatic heterocycles. The molecule has 0 fully saturated rings. The van der Waals surface area contributed by atoms with E-state index in [1.165, 1.54) is 0 Å². The summed E-state index contributed by atoms with van der Waals surface area (Å²) in [5.74, 6) is 0.561. The Balaban J connectivity index is 3.83. The van der Waals surface area contributed by atoms with Crippen molar-refractivity contribution in [1.29, 1.82) is 0 Å². The smallest absolute Gasteiger partial charge is 0.0741 e. The quantitative estimate of drug-likeness (QED) is 0.581. The first-order valence-corrected chi connectivity index (χ1v) is 5.48. The largest absolute Gasteiger partial charge is 0.395 e. The minimum atomic E-state index is -0.662. The van der Waals surface area contributed by atoms with Crippen LogP contribution < -0.4 is 5.32 Å². The van der Waals surface area contributed by atoms with Gasteiger partial charge in [0, 0.05) is 12.6 Å². The Bertz CT molecular complexity index is 146. The Morgan fingerprint density at radius 3 is 2.29 bits per heavy atom. The van der Waals surface area contributed by atoms with Crippen LogP contribution in [-0.4, -0.2) is 35.0 Å². The van der Waals surface area contributed by atoms with E-state index in [-0.39, 0.29) is 12.6 Å². The first-order chi connectivity index (χ1) is 6.41. The third-order valence-corrected chi connectivity index (χ3v) is 2.51. The van der Waals surface area contributed by atoms with Crippen LogP contribution in [0.5, 0.6) is 0 Å². The first-order valence-electron chi connectivity index (χ1n) is 5.48. The summed E-state index contributed by atoms with van der Waals surface area (Å²) in [7, 11) is 0. The van der Waals surface area contributed by atoms with E-state index in [4.69, 9.17) is 5.11 Å². The predicted octanol–water partition coefficient (Wildman–Crippen LogP) is 1.14. The summed E-state index contributed by atoms with van der Waals surface area (Å²) in [6.45, 7) is 8.70. The van der Waals surface area contributed by atoms with Crippen LogP contribution in [0.4, 0.5) is 0 Å². The molecule has 0 spiro atoms. The zero-order valence-electron chi connectivity index (χ0n) is 9.88. The summed E-state index contributed by atoms with van der Waals surface area (Å²) < 4.78 is 0. The van der Waals surface area contributed by atoms with Crippen molar-refractivity contribution < 1.29 is 10.2 Å². The minimum absolute atomic E-state index is 0.105. The van der Waals surface area contributed by atoms with E-state index in [0.717, 1.165) is 12.8 Å². The molecule has 2 unspecified atom stereocenters. The predicted molar refractivity (Wildman–Crippen MR) is 59.2 cm³/mol. The van der Waals surface area contributed by atoms with Gasteiger partial charge in [-0.3, -0.25) is 0 Å². The number of aliphatic hydroxyl groups excluding tert-OH is 1. The molecule has 0 aromatic rings. The molecule has 0 radical (unpaired) electrons. The Kier molecular flexibility index (Phi) is 6.33. The van der Waals surface area contributed by atoms with Gasteiger partial charge in [-0.15, -0.1) is 0 Å². The Morgan fingerprint density at radius 2 is 1.93 bits per heavy atom. The average molecular weight is 203 g/mol. The van der Waals surface area contributed by atoms with Crippen LogP contribution in [0.25, 0.3) is 0 Å². The SMILES string of the molecule is CCC(C)(O)CNC(CO)CC(C)C. The number of rotatable bonds is 7. The molecule has 0 saturated carbocycles. The molecule has 3 heteroatoms. The highest BCUT2D eigenvalue weighted by Gasteiger charge is 2.19. The monoisotopic (exact) mass is 203 g/mol. The molecule has 0 amide bonds. The van der Waals surface area contributed by atoms with Crippen molar-refractivity contribution in [2.45, 2.75) is 52.2 Å². The molecule has 0 rings (SSSR count). The summed E-state index contributed by atoms with van der Waals surface area (Å²) in [5.41, 5.74) is -0.662. The summed E-state index contributed by atoms with van der Waals surface area (Å²) in [4.78, 5) is 0. The second-order valence-electron chi connectivity index (χ2n) is 4.74. The number of hydrogen-bond acceptors (Lipinski definition) is 3. The van der Waals surface area contributed by atoms with Crippen molar-refractivity contribution in [3.05, 3.63) is 0 Å². The van der Waals surface area contributed by atoms with Gasteiger partial charge in [-0.1, -0.05) is 20.8 Å². The van der Waals surface area contributed by atoms with Gasteiger partial charge < -0.3 is 15.5 Å². The van der Waals surface area contributed by atoms with E-state index in [2.05, 4.69) is 19.2 Å². The molecule has 0 bridgehead atoms. The molecule has 0 saturated heterocycles. The van der Waals surface area contributed by atoms with Gasteiger partial charge in [0.15, 0.2) is 0 Å². The zero-order valence-corrected chi connectivity index (χ0v) is 9.88. The van der Waals surface area contributed by atoms with Gasteiger partial charge in [0.2, 0.25) is 0 Å². The van der Waals surface area contributed by atoms with Gasteiger partial charge in [-0.05, 0) is 25.7 Å². The lowest BCUT2D eigenvalue weighted by Gasteiger charge is -2.26. The molecular weight excluding hydrogens is 178 g/mol. The fourth-order valence-electron chi connectivity index (χ4n) is 1.28. The lowest BCUT2D eigenvalue weighted by molar-refractivity contribution is 0.0489. The topological polar surface area (TPSA) is 52.5 Å². The third-order valence-electron chi connectivity index (χ3n) is 2.51. The van der Waals surface area contributed by atoms with Crippen LogP contribution in [0, 0.1) is 5.92 Å². The van der Waals surface area contributed by atoms with Crippen molar-refractivity contribution in [2.75, 3.05) is 13.2 Å². The van der Waals surface area contributed by atoms with E-state index >= 15 is 0 Å². The van der Waals surface area contributed by atoms with E-state index < -0.39 is 5.60 Å². The number of nitrogens with one attached hydrogen (secondary N) is 1. The third kappa shape index (κ3) is 6.35. The molecule has 0 aromatic heterocycles. The molecule has 14 heavy (non-hydrogen) atoms. The fourth-order valence-corrected chi connectivity index (χ4v) is 1.28. The van der Waals surface area contributed by atoms with Gasteiger partial charge in [0.25, 0.3) is 0 Å². The molecule has 3 N–H and O–H groups in total. The van der Waals surface area contributed by atoms with Gasteiger partial charge in [0.05, 0.1) is 12.2 Å². The van der Waals surface area contributed by atoms with Gasteiger partial charge >= 0.3 is 0 Å². The van der Waals surface area contributed by atoms with Gasteiger partial charge in [-0.2, -0.15) is 0 Å². The summed E-state index contributed by atoms with van der Waals surface area (Å²) in [6.07, 6.45) is 1.66. The highest BCUT2D eigenvalue weighted by Crippen LogP contribution is 2.09. The maximum atomic E-state index is 9.76. The minimum Gasteiger partial charge on any atom is -0.395 e. The van der Waals surface area contributed by atoms with Gasteiger partial charge in [-0.25, -0.2) is 0 Å². The van der Waals surface area contributed by atoms with Crippen molar-refractivity contribution >= 4 is 0 Å². The van der Waals surface area contributed by atoms with Crippen molar-refractivity contribution in [3.8, 4) is 0 Å². The zero-order chi connectivity index (χ0) is 11.2. The lowest BCUT2D eigenvalue weighted by Crippen LogP contribution is -2.44. The molecule has 2 atom stereocenters. The molecule has 86 valence electrons. The fraction of sp³-hybridized carbons (Fsp3) is 1.00. The summed E-state index contributed by atoms with van der Waals surface area (Å²) >= 11 is 0. The molecular formula is C11H25NO2. The van der Waals surface area contributed by atoms with Gasteiger partial charge in [0.1, 0.15) is 0 Å². The van der Waals surface area contributed by atoms with Crippen LogP contribution in [0.1, 0.15) is 40.5 Å². The first kappa shape index (κ1) is 13.9. The average Bonchev–Trinajstić information content (AvgIpc) is 2.12. The van der Waals surface area contributed by atoms with E-state index in [1.54, 1.807) is 0 Å². The number of hydrogen-bond donors (Lipinski definition) is 3. The normalized spacial score (nSPS) is 18.2. The molecule has 0 heterocycles. The molecule has 3 nitrogen and oxygen atoms in total. The molecule has 0 aromatic carbocycles. The maximum absolute atomic E-state index is 9.76. The van der Waals surface area contributed by atoms with Crippen LogP contribution in [0.2, 0.25) is 0 Å². The second kappa shape index (κ2) is 6.38. The van der Waals surface area contributed by atoms with Crippen LogP contribution in [0.15, 0.2) is 0 Å². The molecule has 0 aliphatic rings. The van der Waals surface area contributed by atoms with Crippen molar-refractivity contribution in [1.82, 2.24) is 5.32 Å². The summed E-state index contributed by atoms with van der Waals surface area (Å²) in [5, 5.41) is 22.0. The Morgan fingerprint density at radius 1 is 1.36 bits per heavy atom. The van der Waals surface area contributed by atoms with Crippen molar-refractivity contribution in [2.24, 2.45) is 5.92 Å².